The second kappa shape index (κ2) is 4.63. The Labute approximate surface area is 106 Å². The minimum Gasteiger partial charge on any atom is -0.365 e. The van der Waals surface area contributed by atoms with Gasteiger partial charge in [-0.15, -0.1) is 0 Å². The Balaban J connectivity index is 1.81. The van der Waals surface area contributed by atoms with E-state index in [0.29, 0.717) is 6.04 Å². The van der Waals surface area contributed by atoms with Gasteiger partial charge in [-0.25, -0.2) is 4.79 Å². The van der Waals surface area contributed by atoms with Crippen molar-refractivity contribution in [2.24, 2.45) is 17.8 Å². The van der Waals surface area contributed by atoms with Gasteiger partial charge in [-0.1, -0.05) is 26.1 Å². The average molecular weight is 254 g/mol. The first-order valence-electron chi connectivity index (χ1n) is 6.94. The molecule has 4 unspecified atom stereocenters. The molecule has 2 N–H and O–H groups in total. The maximum absolute atomic E-state index is 11.8. The first-order chi connectivity index (χ1) is 7.85. The van der Waals surface area contributed by atoms with E-state index in [4.69, 9.17) is 0 Å². The number of carbonyl (C=O) groups is 1. The molecule has 0 aliphatic heterocycles. The van der Waals surface area contributed by atoms with Crippen LogP contribution in [0.25, 0.3) is 0 Å². The van der Waals surface area contributed by atoms with E-state index in [-0.39, 0.29) is 6.03 Å². The summed E-state index contributed by atoms with van der Waals surface area (Å²) in [6, 6.07) is 0.376. The van der Waals surface area contributed by atoms with E-state index in [2.05, 4.69) is 36.9 Å². The number of hydrogen-bond donors (Lipinski definition) is 2. The first-order valence-corrected chi connectivity index (χ1v) is 10.4. The van der Waals surface area contributed by atoms with Gasteiger partial charge >= 0.3 is 6.03 Å². The molecule has 0 aromatic carbocycles. The third-order valence-corrected chi connectivity index (χ3v) is 5.26. The first kappa shape index (κ1) is 12.9. The zero-order valence-electron chi connectivity index (χ0n) is 11.5. The predicted molar refractivity (Wildman–Crippen MR) is 73.4 cm³/mol. The summed E-state index contributed by atoms with van der Waals surface area (Å²) in [6.07, 6.45) is 5.55. The van der Waals surface area contributed by atoms with Crippen LogP contribution in [0.2, 0.25) is 19.6 Å². The average Bonchev–Trinajstić information content (AvgIpc) is 2.74. The van der Waals surface area contributed by atoms with Crippen LogP contribution in [-0.4, -0.2) is 20.3 Å². The molecule has 0 saturated heterocycles. The Morgan fingerprint density at radius 1 is 1.24 bits per heavy atom. The quantitative estimate of drug-likeness (QED) is 0.747. The van der Waals surface area contributed by atoms with Crippen molar-refractivity contribution in [1.82, 2.24) is 10.3 Å². The maximum atomic E-state index is 11.8. The number of carbonyl (C=O) groups excluding carboxylic acids is 1. The van der Waals surface area contributed by atoms with Gasteiger partial charge in [0.1, 0.15) is 8.24 Å². The van der Waals surface area contributed by atoms with Crippen molar-refractivity contribution < 1.29 is 4.79 Å². The van der Waals surface area contributed by atoms with Crippen molar-refractivity contribution in [3.8, 4) is 0 Å². The van der Waals surface area contributed by atoms with Gasteiger partial charge in [-0.3, -0.25) is 0 Å². The predicted octanol–water partition coefficient (Wildman–Crippen LogP) is 2.95. The van der Waals surface area contributed by atoms with Crippen LogP contribution in [0, 0.1) is 17.8 Å². The molecule has 2 aliphatic rings. The molecular weight excluding hydrogens is 228 g/mol. The van der Waals surface area contributed by atoms with E-state index in [1.54, 1.807) is 0 Å². The molecule has 2 aliphatic carbocycles. The Morgan fingerprint density at radius 2 is 1.94 bits per heavy atom. The zero-order chi connectivity index (χ0) is 12.6. The normalized spacial score (nSPS) is 33.5. The fourth-order valence-corrected chi connectivity index (χ4v) is 4.35. The molecular formula is C13H26N2OSi. The molecule has 0 radical (unpaired) electrons. The third-order valence-electron chi connectivity index (χ3n) is 4.28. The van der Waals surface area contributed by atoms with Gasteiger partial charge in [-0.2, -0.15) is 0 Å². The molecule has 17 heavy (non-hydrogen) atoms. The van der Waals surface area contributed by atoms with Gasteiger partial charge in [0, 0.05) is 6.04 Å². The maximum Gasteiger partial charge on any atom is 0.307 e. The summed E-state index contributed by atoms with van der Waals surface area (Å²) in [6.45, 7) is 8.62. The van der Waals surface area contributed by atoms with E-state index in [1.807, 2.05) is 0 Å². The lowest BCUT2D eigenvalue weighted by molar-refractivity contribution is 0.224. The Hall–Kier alpha value is -0.513. The summed E-state index contributed by atoms with van der Waals surface area (Å²) in [5.41, 5.74) is 0. The molecule has 0 aromatic rings. The second-order valence-corrected chi connectivity index (χ2v) is 11.7. The highest BCUT2D eigenvalue weighted by molar-refractivity contribution is 6.75. The van der Waals surface area contributed by atoms with E-state index in [0.717, 1.165) is 17.8 Å². The molecule has 3 nitrogen and oxygen atoms in total. The molecule has 0 aromatic heterocycles. The topological polar surface area (TPSA) is 41.1 Å². The van der Waals surface area contributed by atoms with Gasteiger partial charge in [0.25, 0.3) is 0 Å². The SMILES string of the molecule is CC(NC(=O)N[Si](C)(C)C)C1CC2CCC1C2. The molecule has 98 valence electrons. The lowest BCUT2D eigenvalue weighted by Crippen LogP contribution is -2.53. The summed E-state index contributed by atoms with van der Waals surface area (Å²) >= 11 is 0. The molecule has 2 bridgehead atoms. The Morgan fingerprint density at radius 3 is 2.41 bits per heavy atom. The van der Waals surface area contributed by atoms with Crippen molar-refractivity contribution >= 4 is 14.3 Å². The number of fused-ring (bicyclic) bond motifs is 2. The zero-order valence-corrected chi connectivity index (χ0v) is 12.5. The summed E-state index contributed by atoms with van der Waals surface area (Å²) in [5.74, 6) is 2.55. The van der Waals surface area contributed by atoms with Gasteiger partial charge in [-0.05, 0) is 43.9 Å². The number of hydrogen-bond acceptors (Lipinski definition) is 1. The highest BCUT2D eigenvalue weighted by Gasteiger charge is 2.42. The molecule has 0 spiro atoms. The van der Waals surface area contributed by atoms with Crippen molar-refractivity contribution in [3.63, 3.8) is 0 Å². The van der Waals surface area contributed by atoms with Crippen molar-refractivity contribution in [2.45, 2.75) is 58.3 Å². The number of amides is 2. The van der Waals surface area contributed by atoms with Crippen LogP contribution in [0.1, 0.15) is 32.6 Å². The molecule has 4 heteroatoms. The molecule has 2 rings (SSSR count). The summed E-state index contributed by atoms with van der Waals surface area (Å²) in [7, 11) is -1.51. The lowest BCUT2D eigenvalue weighted by Gasteiger charge is -2.29. The monoisotopic (exact) mass is 254 g/mol. The minimum atomic E-state index is -1.51. The van der Waals surface area contributed by atoms with Gasteiger partial charge < -0.3 is 10.3 Å². The fourth-order valence-electron chi connectivity index (χ4n) is 3.60. The highest BCUT2D eigenvalue weighted by atomic mass is 28.3. The van der Waals surface area contributed by atoms with Crippen LogP contribution in [0.15, 0.2) is 0 Å². The molecule has 0 heterocycles. The van der Waals surface area contributed by atoms with Crippen LogP contribution < -0.4 is 10.3 Å². The molecule has 2 amide bonds. The van der Waals surface area contributed by atoms with Crippen molar-refractivity contribution in [3.05, 3.63) is 0 Å². The molecule has 2 fully saturated rings. The van der Waals surface area contributed by atoms with E-state index in [1.165, 1.54) is 25.7 Å². The van der Waals surface area contributed by atoms with E-state index >= 15 is 0 Å². The lowest BCUT2D eigenvalue weighted by atomic mass is 9.84. The van der Waals surface area contributed by atoms with Crippen LogP contribution >= 0.6 is 0 Å². The number of urea groups is 1. The third kappa shape index (κ3) is 3.24. The van der Waals surface area contributed by atoms with Crippen LogP contribution in [0.5, 0.6) is 0 Å². The van der Waals surface area contributed by atoms with E-state index in [9.17, 15) is 4.79 Å². The smallest absolute Gasteiger partial charge is 0.307 e. The van der Waals surface area contributed by atoms with Gasteiger partial charge in [0.05, 0.1) is 0 Å². The van der Waals surface area contributed by atoms with Crippen LogP contribution in [-0.2, 0) is 0 Å². The molecule has 4 atom stereocenters. The van der Waals surface area contributed by atoms with Crippen molar-refractivity contribution in [2.75, 3.05) is 0 Å². The minimum absolute atomic E-state index is 0.0411. The van der Waals surface area contributed by atoms with Crippen molar-refractivity contribution in [1.29, 1.82) is 0 Å². The van der Waals surface area contributed by atoms with Gasteiger partial charge in [0.2, 0.25) is 0 Å². The van der Waals surface area contributed by atoms with Crippen LogP contribution in [0.4, 0.5) is 4.79 Å². The summed E-state index contributed by atoms with van der Waals surface area (Å²) in [5, 5.41) is 3.15. The Kier molecular flexibility index (Phi) is 3.52. The fraction of sp³-hybridized carbons (Fsp3) is 0.923. The largest absolute Gasteiger partial charge is 0.365 e. The molecule has 2 saturated carbocycles. The number of nitrogens with one attached hydrogen (secondary N) is 2. The second-order valence-electron chi connectivity index (χ2n) is 6.98. The Bertz CT molecular complexity index is 300. The highest BCUT2D eigenvalue weighted by Crippen LogP contribution is 2.49. The summed E-state index contributed by atoms with van der Waals surface area (Å²) < 4.78 is 0. The van der Waals surface area contributed by atoms with E-state index < -0.39 is 8.24 Å². The van der Waals surface area contributed by atoms with Crippen LogP contribution in [0.3, 0.4) is 0 Å². The van der Waals surface area contributed by atoms with Gasteiger partial charge in [0.15, 0.2) is 0 Å². The standard InChI is InChI=1S/C13H26N2OSi/c1-9(14-13(16)15-17(2,3)4)12-8-10-5-6-11(12)7-10/h9-12H,5-8H2,1-4H3,(H2,14,15,16). The number of rotatable bonds is 3. The summed E-state index contributed by atoms with van der Waals surface area (Å²) in [4.78, 5) is 15.0.